The van der Waals surface area contributed by atoms with E-state index in [1.165, 1.54) is 11.3 Å². The molecule has 1 aromatic rings. The molecule has 1 aromatic heterocycles. The molecule has 4 nitrogen and oxygen atoms in total. The van der Waals surface area contributed by atoms with Gasteiger partial charge in [-0.3, -0.25) is 4.79 Å². The highest BCUT2D eigenvalue weighted by Gasteiger charge is 2.33. The van der Waals surface area contributed by atoms with Crippen molar-refractivity contribution in [1.82, 2.24) is 10.2 Å². The Balaban J connectivity index is 2.23. The molecule has 1 aliphatic heterocycles. The lowest BCUT2D eigenvalue weighted by molar-refractivity contribution is 0.0416. The van der Waals surface area contributed by atoms with Crippen LogP contribution in [0.5, 0.6) is 0 Å². The maximum Gasteiger partial charge on any atom is 0.180 e. The Morgan fingerprint density at radius 3 is 3.00 bits per heavy atom. The molecule has 0 amide bonds. The van der Waals surface area contributed by atoms with Gasteiger partial charge in [0.1, 0.15) is 5.01 Å². The Kier molecular flexibility index (Phi) is 2.60. The third kappa shape index (κ3) is 1.69. The quantitative estimate of drug-likeness (QED) is 0.696. The minimum Gasteiger partial charge on any atom is -0.380 e. The summed E-state index contributed by atoms with van der Waals surface area (Å²) in [7, 11) is 0. The summed E-state index contributed by atoms with van der Waals surface area (Å²) >= 11 is 1.37. The number of rotatable bonds is 2. The number of aromatic nitrogens is 2. The molecule has 2 heterocycles. The van der Waals surface area contributed by atoms with Crippen molar-refractivity contribution in [3.05, 3.63) is 10.0 Å². The zero-order chi connectivity index (χ0) is 10.0. The summed E-state index contributed by atoms with van der Waals surface area (Å²) in [6, 6.07) is 0. The van der Waals surface area contributed by atoms with Crippen LogP contribution in [0, 0.1) is 0 Å². The third-order valence-electron chi connectivity index (χ3n) is 2.50. The van der Waals surface area contributed by atoms with Crippen LogP contribution in [-0.4, -0.2) is 29.7 Å². The second-order valence-corrected chi connectivity index (χ2v) is 4.79. The topological polar surface area (TPSA) is 52.1 Å². The highest BCUT2D eigenvalue weighted by atomic mass is 32.1. The summed E-state index contributed by atoms with van der Waals surface area (Å²) in [6.07, 6.45) is 2.85. The van der Waals surface area contributed by atoms with Gasteiger partial charge in [0.2, 0.25) is 0 Å². The lowest BCUT2D eigenvalue weighted by atomic mass is 9.86. The van der Waals surface area contributed by atoms with E-state index in [0.29, 0.717) is 11.6 Å². The first kappa shape index (κ1) is 9.73. The smallest absolute Gasteiger partial charge is 0.180 e. The average Bonchev–Trinajstić information content (AvgIpc) is 2.67. The van der Waals surface area contributed by atoms with Crippen LogP contribution in [-0.2, 0) is 10.2 Å². The van der Waals surface area contributed by atoms with Gasteiger partial charge in [0.15, 0.2) is 11.3 Å². The Bertz CT molecular complexity index is 331. The number of carbonyl (C=O) groups excluding carboxylic acids is 1. The molecular weight excluding hydrogens is 200 g/mol. The molecular formula is C9H12N2O2S. The molecule has 0 bridgehead atoms. The van der Waals surface area contributed by atoms with Crippen LogP contribution in [0.1, 0.15) is 34.6 Å². The Morgan fingerprint density at radius 2 is 2.43 bits per heavy atom. The minimum absolute atomic E-state index is 0.0445. The summed E-state index contributed by atoms with van der Waals surface area (Å²) in [5.41, 5.74) is -0.0445. The molecule has 0 aliphatic carbocycles. The number of carbonyl (C=O) groups is 1. The van der Waals surface area contributed by atoms with E-state index in [4.69, 9.17) is 4.74 Å². The third-order valence-corrected chi connectivity index (χ3v) is 3.65. The highest BCUT2D eigenvalue weighted by molar-refractivity contribution is 7.13. The fraction of sp³-hybridized carbons (Fsp3) is 0.667. The summed E-state index contributed by atoms with van der Waals surface area (Å²) in [4.78, 5) is 10.5. The van der Waals surface area contributed by atoms with Crippen molar-refractivity contribution < 1.29 is 9.53 Å². The van der Waals surface area contributed by atoms with E-state index in [0.717, 1.165) is 30.7 Å². The fourth-order valence-corrected chi connectivity index (χ4v) is 2.45. The second-order valence-electron chi connectivity index (χ2n) is 3.78. The van der Waals surface area contributed by atoms with Crippen LogP contribution in [0.2, 0.25) is 0 Å². The van der Waals surface area contributed by atoms with E-state index in [1.54, 1.807) is 0 Å². The van der Waals surface area contributed by atoms with Gasteiger partial charge < -0.3 is 4.74 Å². The Morgan fingerprint density at radius 1 is 1.57 bits per heavy atom. The molecule has 0 radical (unpaired) electrons. The van der Waals surface area contributed by atoms with Crippen LogP contribution in [0.3, 0.4) is 0 Å². The van der Waals surface area contributed by atoms with E-state index < -0.39 is 0 Å². The largest absolute Gasteiger partial charge is 0.380 e. The Hall–Kier alpha value is -0.810. The van der Waals surface area contributed by atoms with Gasteiger partial charge in [-0.15, -0.1) is 10.2 Å². The van der Waals surface area contributed by atoms with Crippen LogP contribution in [0.4, 0.5) is 0 Å². The number of aldehydes is 1. The molecule has 1 saturated heterocycles. The van der Waals surface area contributed by atoms with Gasteiger partial charge in [-0.2, -0.15) is 0 Å². The zero-order valence-corrected chi connectivity index (χ0v) is 8.84. The van der Waals surface area contributed by atoms with Gasteiger partial charge in [0.25, 0.3) is 0 Å². The molecule has 0 aromatic carbocycles. The predicted octanol–water partition coefficient (Wildman–Crippen LogP) is 1.42. The lowest BCUT2D eigenvalue weighted by Gasteiger charge is -2.30. The van der Waals surface area contributed by atoms with Gasteiger partial charge in [-0.1, -0.05) is 18.3 Å². The van der Waals surface area contributed by atoms with E-state index in [1.807, 2.05) is 0 Å². The van der Waals surface area contributed by atoms with Gasteiger partial charge >= 0.3 is 0 Å². The predicted molar refractivity (Wildman–Crippen MR) is 52.7 cm³/mol. The molecule has 1 aliphatic rings. The van der Waals surface area contributed by atoms with Crippen molar-refractivity contribution in [2.75, 3.05) is 13.2 Å². The summed E-state index contributed by atoms with van der Waals surface area (Å²) in [5, 5.41) is 9.21. The SMILES string of the molecule is CC1(c2nnc(C=O)s2)CCCOC1. The van der Waals surface area contributed by atoms with Crippen LogP contribution < -0.4 is 0 Å². The standard InChI is InChI=1S/C9H12N2O2S/c1-9(3-2-4-13-6-9)8-11-10-7(5-12)14-8/h5H,2-4,6H2,1H3. The van der Waals surface area contributed by atoms with E-state index in [-0.39, 0.29) is 5.41 Å². The monoisotopic (exact) mass is 212 g/mol. The first-order chi connectivity index (χ1) is 6.74. The molecule has 1 atom stereocenters. The average molecular weight is 212 g/mol. The van der Waals surface area contributed by atoms with Crippen LogP contribution >= 0.6 is 11.3 Å². The normalized spacial score (nSPS) is 27.5. The van der Waals surface area contributed by atoms with Crippen molar-refractivity contribution in [2.45, 2.75) is 25.2 Å². The van der Waals surface area contributed by atoms with Crippen molar-refractivity contribution >= 4 is 17.6 Å². The van der Waals surface area contributed by atoms with Gasteiger partial charge in [0, 0.05) is 12.0 Å². The number of hydrogen-bond donors (Lipinski definition) is 0. The lowest BCUT2D eigenvalue weighted by Crippen LogP contribution is -2.32. The number of ether oxygens (including phenoxy) is 1. The minimum atomic E-state index is -0.0445. The van der Waals surface area contributed by atoms with Crippen LogP contribution in [0.25, 0.3) is 0 Å². The van der Waals surface area contributed by atoms with Crippen molar-refractivity contribution in [1.29, 1.82) is 0 Å². The van der Waals surface area contributed by atoms with Crippen LogP contribution in [0.15, 0.2) is 0 Å². The van der Waals surface area contributed by atoms with E-state index >= 15 is 0 Å². The first-order valence-corrected chi connectivity index (χ1v) is 5.43. The highest BCUT2D eigenvalue weighted by Crippen LogP contribution is 2.33. The molecule has 2 rings (SSSR count). The van der Waals surface area contributed by atoms with Gasteiger partial charge in [-0.05, 0) is 12.8 Å². The molecule has 0 N–H and O–H groups in total. The second kappa shape index (κ2) is 3.74. The summed E-state index contributed by atoms with van der Waals surface area (Å²) in [6.45, 7) is 3.62. The first-order valence-electron chi connectivity index (χ1n) is 4.61. The molecule has 14 heavy (non-hydrogen) atoms. The molecule has 1 unspecified atom stereocenters. The van der Waals surface area contributed by atoms with Crippen molar-refractivity contribution in [3.8, 4) is 0 Å². The number of nitrogens with zero attached hydrogens (tertiary/aromatic N) is 2. The zero-order valence-electron chi connectivity index (χ0n) is 8.02. The van der Waals surface area contributed by atoms with Crippen molar-refractivity contribution in [3.63, 3.8) is 0 Å². The van der Waals surface area contributed by atoms with E-state index in [2.05, 4.69) is 17.1 Å². The molecule has 5 heteroatoms. The molecule has 76 valence electrons. The van der Waals surface area contributed by atoms with Gasteiger partial charge in [0.05, 0.1) is 6.61 Å². The van der Waals surface area contributed by atoms with Crippen molar-refractivity contribution in [2.24, 2.45) is 0 Å². The summed E-state index contributed by atoms with van der Waals surface area (Å²) < 4.78 is 5.43. The number of hydrogen-bond acceptors (Lipinski definition) is 5. The maximum atomic E-state index is 10.5. The van der Waals surface area contributed by atoms with Gasteiger partial charge in [-0.25, -0.2) is 0 Å². The maximum absolute atomic E-state index is 10.5. The molecule has 0 spiro atoms. The van der Waals surface area contributed by atoms with E-state index in [9.17, 15) is 4.79 Å². The summed E-state index contributed by atoms with van der Waals surface area (Å²) in [5.74, 6) is 0. The molecule has 0 saturated carbocycles. The fourth-order valence-electron chi connectivity index (χ4n) is 1.63. The Labute approximate surface area is 86.3 Å². The molecule has 1 fully saturated rings.